The van der Waals surface area contributed by atoms with Gasteiger partial charge in [-0.05, 0) is 44.0 Å². The third kappa shape index (κ3) is 8.64. The maximum Gasteiger partial charge on any atom is 0.229 e. The Kier molecular flexibility index (Phi) is 12.0. The molecule has 10 heteroatoms. The molecule has 1 heterocycles. The van der Waals surface area contributed by atoms with Gasteiger partial charge in [-0.2, -0.15) is 0 Å². The van der Waals surface area contributed by atoms with Crippen molar-refractivity contribution in [2.45, 2.75) is 38.0 Å². The minimum absolute atomic E-state index is 0.123. The van der Waals surface area contributed by atoms with Crippen LogP contribution in [0.3, 0.4) is 0 Å². The third-order valence-electron chi connectivity index (χ3n) is 5.37. The Morgan fingerprint density at radius 3 is 2.27 bits per heavy atom. The molecule has 0 bridgehead atoms. The van der Waals surface area contributed by atoms with Gasteiger partial charge in [-0.25, -0.2) is 12.8 Å². The highest BCUT2D eigenvalue weighted by atomic mass is 35.7. The predicted molar refractivity (Wildman–Crippen MR) is 135 cm³/mol. The number of hydrogen-bond acceptors (Lipinski definition) is 5. The molecule has 0 saturated heterocycles. The average molecular weight is 537 g/mol. The number of carbonyl (C=O) groups is 2. The molecular weight excluding hydrogens is 509 g/mol. The molecule has 2 aromatic carbocycles. The SMILES string of the molecule is C=O.CS(=O)(=O)Cl.Cc1ccc(Cl)cc1.O=CC12CCCCC1COc1c(P)ccc(F)c12. The number of aryl methyl sites for hydroxylation is 1. The second-order valence-electron chi connectivity index (χ2n) is 7.73. The van der Waals surface area contributed by atoms with Gasteiger partial charge in [0, 0.05) is 32.5 Å². The monoisotopic (exact) mass is 536 g/mol. The second kappa shape index (κ2) is 13.4. The first-order chi connectivity index (χ1) is 15.5. The van der Waals surface area contributed by atoms with Crippen LogP contribution < -0.4 is 10.0 Å². The summed E-state index contributed by atoms with van der Waals surface area (Å²) in [7, 11) is 3.87. The fourth-order valence-corrected chi connectivity index (χ4v) is 4.38. The van der Waals surface area contributed by atoms with Crippen LogP contribution in [0.4, 0.5) is 4.39 Å². The molecule has 0 radical (unpaired) electrons. The van der Waals surface area contributed by atoms with Gasteiger partial charge in [0.25, 0.3) is 0 Å². The van der Waals surface area contributed by atoms with Gasteiger partial charge in [0.15, 0.2) is 0 Å². The van der Waals surface area contributed by atoms with Gasteiger partial charge in [-0.1, -0.05) is 42.1 Å². The van der Waals surface area contributed by atoms with Crippen molar-refractivity contribution in [2.24, 2.45) is 5.92 Å². The summed E-state index contributed by atoms with van der Waals surface area (Å²) >= 11 is 5.61. The van der Waals surface area contributed by atoms with Gasteiger partial charge >= 0.3 is 0 Å². The van der Waals surface area contributed by atoms with Crippen LogP contribution in [0.1, 0.15) is 36.8 Å². The maximum absolute atomic E-state index is 14.2. The first-order valence-corrected chi connectivity index (χ1v) is 13.7. The van der Waals surface area contributed by atoms with Gasteiger partial charge in [0.2, 0.25) is 9.05 Å². The van der Waals surface area contributed by atoms with Crippen molar-refractivity contribution in [1.29, 1.82) is 0 Å². The van der Waals surface area contributed by atoms with E-state index in [-0.39, 0.29) is 11.7 Å². The molecule has 2 aromatic rings. The Hall–Kier alpha value is -1.53. The van der Waals surface area contributed by atoms with E-state index in [0.29, 0.717) is 17.9 Å². The van der Waals surface area contributed by atoms with Crippen LogP contribution in [-0.4, -0.2) is 34.4 Å². The third-order valence-corrected chi connectivity index (χ3v) is 6.08. The van der Waals surface area contributed by atoms with E-state index in [4.69, 9.17) is 21.1 Å². The molecule has 182 valence electrons. The Bertz CT molecular complexity index is 1000. The average Bonchev–Trinajstić information content (AvgIpc) is 2.78. The highest BCUT2D eigenvalue weighted by Gasteiger charge is 2.49. The largest absolute Gasteiger partial charge is 0.492 e. The van der Waals surface area contributed by atoms with Crippen LogP contribution in [0.15, 0.2) is 36.4 Å². The highest BCUT2D eigenvalue weighted by Crippen LogP contribution is 2.49. The van der Waals surface area contributed by atoms with Gasteiger partial charge in [-0.3, -0.25) is 0 Å². The van der Waals surface area contributed by atoms with E-state index in [9.17, 15) is 17.6 Å². The van der Waals surface area contributed by atoms with Crippen molar-refractivity contribution in [1.82, 2.24) is 0 Å². The molecule has 2 aliphatic rings. The molecule has 3 atom stereocenters. The predicted octanol–water partition coefficient (Wildman–Crippen LogP) is 4.99. The van der Waals surface area contributed by atoms with E-state index >= 15 is 0 Å². The van der Waals surface area contributed by atoms with Crippen molar-refractivity contribution >= 4 is 59.0 Å². The lowest BCUT2D eigenvalue weighted by Gasteiger charge is -2.44. The summed E-state index contributed by atoms with van der Waals surface area (Å²) in [6.45, 7) is 4.56. The van der Waals surface area contributed by atoms with Crippen LogP contribution in [0, 0.1) is 18.7 Å². The minimum atomic E-state index is -3.19. The Morgan fingerprint density at radius 2 is 1.76 bits per heavy atom. The summed E-state index contributed by atoms with van der Waals surface area (Å²) in [5.74, 6) is 0.373. The van der Waals surface area contributed by atoms with Crippen LogP contribution >= 0.6 is 31.5 Å². The van der Waals surface area contributed by atoms with E-state index < -0.39 is 14.5 Å². The lowest BCUT2D eigenvalue weighted by atomic mass is 9.62. The molecular formula is C23H28Cl2FO5PS. The Balaban J connectivity index is 0.000000302. The van der Waals surface area contributed by atoms with Crippen molar-refractivity contribution in [3.05, 3.63) is 58.4 Å². The first-order valence-electron chi connectivity index (χ1n) is 10.1. The van der Waals surface area contributed by atoms with Gasteiger partial charge in [0.1, 0.15) is 24.6 Å². The van der Waals surface area contributed by atoms with Crippen LogP contribution in [0.5, 0.6) is 5.75 Å². The van der Waals surface area contributed by atoms with Crippen LogP contribution in [-0.2, 0) is 24.1 Å². The van der Waals surface area contributed by atoms with Crippen LogP contribution in [0.25, 0.3) is 0 Å². The molecule has 0 aromatic heterocycles. The molecule has 33 heavy (non-hydrogen) atoms. The number of fused-ring (bicyclic) bond motifs is 3. The van der Waals surface area contributed by atoms with E-state index in [1.807, 2.05) is 38.0 Å². The summed E-state index contributed by atoms with van der Waals surface area (Å²) in [5.41, 5.74) is 1.07. The molecule has 0 spiro atoms. The smallest absolute Gasteiger partial charge is 0.229 e. The summed E-state index contributed by atoms with van der Waals surface area (Å²) in [4.78, 5) is 19.7. The molecule has 0 N–H and O–H groups in total. The van der Waals surface area contributed by atoms with Crippen molar-refractivity contribution < 1.29 is 27.1 Å². The molecule has 1 saturated carbocycles. The Labute approximate surface area is 206 Å². The standard InChI is InChI=1S/C14H16FO2P.C7H7Cl.CH3ClO2S.CH2O/c15-10-4-5-11(18)13-12(10)14(8-16)6-2-1-3-9(14)7-17-13;1-6-2-4-7(8)5-3-6;1-5(2,3)4;1-2/h4-5,8-9H,1-3,6-7,18H2;2-5H,1H3;1H3;1H2. The number of ether oxygens (including phenoxy) is 1. The highest BCUT2D eigenvalue weighted by molar-refractivity contribution is 8.13. The lowest BCUT2D eigenvalue weighted by Crippen LogP contribution is -2.47. The minimum Gasteiger partial charge on any atom is -0.492 e. The molecule has 1 aliphatic carbocycles. The topological polar surface area (TPSA) is 77.5 Å². The molecule has 3 unspecified atom stereocenters. The lowest BCUT2D eigenvalue weighted by molar-refractivity contribution is -0.117. The first kappa shape index (κ1) is 29.5. The number of halogens is 3. The number of benzene rings is 2. The molecule has 1 fully saturated rings. The summed E-state index contributed by atoms with van der Waals surface area (Å²) < 4.78 is 38.7. The van der Waals surface area contributed by atoms with Crippen LogP contribution in [0.2, 0.25) is 5.02 Å². The van der Waals surface area contributed by atoms with E-state index in [2.05, 4.69) is 19.9 Å². The van der Waals surface area contributed by atoms with Gasteiger partial charge in [0.05, 0.1) is 18.3 Å². The van der Waals surface area contributed by atoms with E-state index in [1.54, 1.807) is 6.07 Å². The molecule has 0 amide bonds. The summed E-state index contributed by atoms with van der Waals surface area (Å²) in [6, 6.07) is 10.9. The van der Waals surface area contributed by atoms with Gasteiger partial charge in [-0.15, -0.1) is 9.24 Å². The number of hydrogen-bond donors (Lipinski definition) is 0. The second-order valence-corrected chi connectivity index (χ2v) is 11.8. The number of rotatable bonds is 1. The number of aldehydes is 1. The summed E-state index contributed by atoms with van der Waals surface area (Å²) in [5, 5.41) is 1.63. The summed E-state index contributed by atoms with van der Waals surface area (Å²) in [6.07, 6.45) is 5.65. The number of carbonyl (C=O) groups excluding carboxylic acids is 2. The quantitative estimate of drug-likeness (QED) is 0.291. The normalized spacial score (nSPS) is 20.5. The molecule has 5 nitrogen and oxygen atoms in total. The fourth-order valence-electron chi connectivity index (χ4n) is 3.93. The zero-order valence-corrected chi connectivity index (χ0v) is 22.0. The van der Waals surface area contributed by atoms with E-state index in [1.165, 1.54) is 11.6 Å². The van der Waals surface area contributed by atoms with Gasteiger partial charge < -0.3 is 14.3 Å². The maximum atomic E-state index is 14.2. The van der Waals surface area contributed by atoms with Crippen molar-refractivity contribution in [2.75, 3.05) is 12.9 Å². The molecule has 1 aliphatic heterocycles. The molecule has 4 rings (SSSR count). The zero-order chi connectivity index (χ0) is 25.2. The zero-order valence-electron chi connectivity index (χ0n) is 18.5. The van der Waals surface area contributed by atoms with Crippen molar-refractivity contribution in [3.8, 4) is 5.75 Å². The van der Waals surface area contributed by atoms with Crippen molar-refractivity contribution in [3.63, 3.8) is 0 Å². The van der Waals surface area contributed by atoms with E-state index in [0.717, 1.165) is 48.6 Å². The fraction of sp³-hybridized carbons (Fsp3) is 0.391. The Morgan fingerprint density at radius 1 is 1.18 bits per heavy atom.